The van der Waals surface area contributed by atoms with E-state index in [9.17, 15) is 19.5 Å². The van der Waals surface area contributed by atoms with Crippen molar-refractivity contribution in [2.75, 3.05) is 12.0 Å². The number of carbonyl (C=O) groups is 3. The van der Waals surface area contributed by atoms with Gasteiger partial charge in [-0.25, -0.2) is 4.79 Å². The largest absolute Gasteiger partial charge is 0.480 e. The van der Waals surface area contributed by atoms with Crippen molar-refractivity contribution in [1.29, 1.82) is 0 Å². The Hall–Kier alpha value is -1.32. The molecule has 0 rings (SSSR count). The Kier molecular flexibility index (Phi) is 8.98. The molecular weight excluding hydrogens is 298 g/mol. The van der Waals surface area contributed by atoms with Crippen molar-refractivity contribution in [3.63, 3.8) is 0 Å². The molecule has 0 bridgehead atoms. The second-order valence-corrected chi connectivity index (χ2v) is 5.66. The van der Waals surface area contributed by atoms with Crippen LogP contribution in [0.1, 0.15) is 20.3 Å². The summed E-state index contributed by atoms with van der Waals surface area (Å²) in [7, 11) is 0. The van der Waals surface area contributed by atoms with E-state index in [1.807, 2.05) is 6.26 Å². The maximum atomic E-state index is 11.8. The molecule has 6 N–H and O–H groups in total. The molecule has 9 heteroatoms. The number of thioether (sulfide) groups is 1. The third kappa shape index (κ3) is 7.30. The smallest absolute Gasteiger partial charge is 0.326 e. The Balaban J connectivity index is 4.48. The average molecular weight is 321 g/mol. The lowest BCUT2D eigenvalue weighted by Crippen LogP contribution is -2.55. The van der Waals surface area contributed by atoms with Crippen molar-refractivity contribution >= 4 is 29.5 Å². The molecule has 0 spiro atoms. The van der Waals surface area contributed by atoms with Gasteiger partial charge in [-0.15, -0.1) is 0 Å². The Labute approximate surface area is 127 Å². The third-order valence-corrected chi connectivity index (χ3v) is 3.44. The van der Waals surface area contributed by atoms with Crippen LogP contribution < -0.4 is 16.4 Å². The molecule has 0 radical (unpaired) electrons. The van der Waals surface area contributed by atoms with Crippen LogP contribution >= 0.6 is 11.8 Å². The number of hydrogen-bond acceptors (Lipinski definition) is 6. The van der Waals surface area contributed by atoms with E-state index in [-0.39, 0.29) is 6.42 Å². The van der Waals surface area contributed by atoms with Crippen LogP contribution in [0, 0.1) is 0 Å². The van der Waals surface area contributed by atoms with Gasteiger partial charge in [-0.3, -0.25) is 9.59 Å². The maximum Gasteiger partial charge on any atom is 0.326 e. The van der Waals surface area contributed by atoms with Crippen molar-refractivity contribution in [1.82, 2.24) is 10.6 Å². The predicted molar refractivity (Wildman–Crippen MR) is 79.8 cm³/mol. The summed E-state index contributed by atoms with van der Waals surface area (Å²) in [6.45, 7) is 2.77. The molecule has 0 aromatic rings. The van der Waals surface area contributed by atoms with E-state index < -0.39 is 42.0 Å². The molecule has 122 valence electrons. The molecule has 8 nitrogen and oxygen atoms in total. The van der Waals surface area contributed by atoms with Gasteiger partial charge in [-0.2, -0.15) is 11.8 Å². The fraction of sp³-hybridized carbons (Fsp3) is 0.750. The van der Waals surface area contributed by atoms with Crippen LogP contribution in [0.2, 0.25) is 0 Å². The first-order valence-electron chi connectivity index (χ1n) is 6.46. The highest BCUT2D eigenvalue weighted by Crippen LogP contribution is 2.01. The minimum Gasteiger partial charge on any atom is -0.480 e. The Morgan fingerprint density at radius 1 is 1.19 bits per heavy atom. The normalized spacial score (nSPS) is 16.4. The molecule has 2 amide bonds. The summed E-state index contributed by atoms with van der Waals surface area (Å²) in [5.74, 6) is -1.83. The number of carboxylic acids is 1. The monoisotopic (exact) mass is 321 g/mol. The van der Waals surface area contributed by atoms with Gasteiger partial charge in [0.05, 0.1) is 6.10 Å². The average Bonchev–Trinajstić information content (AvgIpc) is 2.41. The molecule has 0 aliphatic rings. The van der Waals surface area contributed by atoms with Crippen molar-refractivity contribution < 1.29 is 24.6 Å². The number of nitrogens with two attached hydrogens (primary N) is 1. The number of aliphatic hydroxyl groups is 1. The number of carboxylic acid groups (broad SMARTS) is 1. The Bertz CT molecular complexity index is 378. The van der Waals surface area contributed by atoms with Gasteiger partial charge < -0.3 is 26.6 Å². The first-order valence-corrected chi connectivity index (χ1v) is 7.86. The molecule has 0 aliphatic carbocycles. The van der Waals surface area contributed by atoms with Crippen molar-refractivity contribution in [2.24, 2.45) is 5.73 Å². The molecular formula is C12H23N3O5S. The summed E-state index contributed by atoms with van der Waals surface area (Å²) in [6, 6.07) is -3.10. The molecule has 0 unspecified atom stereocenters. The van der Waals surface area contributed by atoms with Gasteiger partial charge in [-0.05, 0) is 32.3 Å². The van der Waals surface area contributed by atoms with Crippen LogP contribution in [0.3, 0.4) is 0 Å². The summed E-state index contributed by atoms with van der Waals surface area (Å²) >= 11 is 1.47. The second-order valence-electron chi connectivity index (χ2n) is 4.68. The first-order chi connectivity index (χ1) is 9.70. The number of amides is 2. The fourth-order valence-electron chi connectivity index (χ4n) is 1.38. The molecule has 4 atom stereocenters. The first kappa shape index (κ1) is 19.7. The van der Waals surface area contributed by atoms with Crippen LogP contribution in [-0.4, -0.2) is 64.2 Å². The van der Waals surface area contributed by atoms with Gasteiger partial charge in [0.25, 0.3) is 0 Å². The quantitative estimate of drug-likeness (QED) is 0.349. The highest BCUT2D eigenvalue weighted by atomic mass is 32.2. The van der Waals surface area contributed by atoms with Gasteiger partial charge in [0.15, 0.2) is 0 Å². The Morgan fingerprint density at radius 3 is 2.19 bits per heavy atom. The van der Waals surface area contributed by atoms with Crippen molar-refractivity contribution in [2.45, 2.75) is 44.5 Å². The molecule has 0 aliphatic heterocycles. The summed E-state index contributed by atoms with van der Waals surface area (Å²) in [5, 5.41) is 22.9. The van der Waals surface area contributed by atoms with Crippen LogP contribution in [0.15, 0.2) is 0 Å². The lowest BCUT2D eigenvalue weighted by molar-refractivity contribution is -0.142. The molecule has 0 aromatic heterocycles. The van der Waals surface area contributed by atoms with E-state index in [0.717, 1.165) is 0 Å². The van der Waals surface area contributed by atoms with E-state index in [2.05, 4.69) is 10.6 Å². The number of rotatable bonds is 9. The Morgan fingerprint density at radius 2 is 1.76 bits per heavy atom. The molecule has 21 heavy (non-hydrogen) atoms. The summed E-state index contributed by atoms with van der Waals surface area (Å²) in [4.78, 5) is 34.5. The molecule has 0 fully saturated rings. The van der Waals surface area contributed by atoms with E-state index in [1.54, 1.807) is 0 Å². The summed E-state index contributed by atoms with van der Waals surface area (Å²) < 4.78 is 0. The number of hydrogen-bond donors (Lipinski definition) is 5. The van der Waals surface area contributed by atoms with E-state index >= 15 is 0 Å². The second kappa shape index (κ2) is 9.59. The number of nitrogens with one attached hydrogen (secondary N) is 2. The van der Waals surface area contributed by atoms with Crippen LogP contribution in [0.4, 0.5) is 0 Å². The molecule has 0 aromatic carbocycles. The number of carbonyl (C=O) groups excluding carboxylic acids is 2. The van der Waals surface area contributed by atoms with Crippen LogP contribution in [0.5, 0.6) is 0 Å². The molecule has 0 saturated carbocycles. The zero-order chi connectivity index (χ0) is 16.6. The van der Waals surface area contributed by atoms with E-state index in [0.29, 0.717) is 5.75 Å². The minimum absolute atomic E-state index is 0.288. The molecule has 0 heterocycles. The third-order valence-electron chi connectivity index (χ3n) is 2.80. The zero-order valence-corrected chi connectivity index (χ0v) is 13.1. The highest BCUT2D eigenvalue weighted by Gasteiger charge is 2.26. The number of aliphatic hydroxyl groups excluding tert-OH is 1. The van der Waals surface area contributed by atoms with Gasteiger partial charge >= 0.3 is 5.97 Å². The minimum atomic E-state index is -1.15. The SMILES string of the molecule is CSCC[C@H](NC(=O)[C@H](C)NC(=O)[C@@H](N)[C@@H](C)O)C(=O)O. The van der Waals surface area contributed by atoms with Gasteiger partial charge in [0.1, 0.15) is 18.1 Å². The highest BCUT2D eigenvalue weighted by molar-refractivity contribution is 7.98. The van der Waals surface area contributed by atoms with E-state index in [1.165, 1.54) is 25.6 Å². The molecule has 0 saturated heterocycles. The maximum absolute atomic E-state index is 11.8. The lowest BCUT2D eigenvalue weighted by Gasteiger charge is -2.21. The summed E-state index contributed by atoms with van der Waals surface area (Å²) in [6.07, 6.45) is 1.07. The fourth-order valence-corrected chi connectivity index (χ4v) is 1.86. The van der Waals surface area contributed by atoms with Crippen LogP contribution in [-0.2, 0) is 14.4 Å². The summed E-state index contributed by atoms with van der Waals surface area (Å²) in [5.41, 5.74) is 5.43. The lowest BCUT2D eigenvalue weighted by atomic mass is 10.1. The standard InChI is InChI=1S/C12H23N3O5S/c1-6(14-11(18)9(13)7(2)16)10(17)15-8(12(19)20)4-5-21-3/h6-9,16H,4-5,13H2,1-3H3,(H,14,18)(H,15,17)(H,19,20)/t6-,7+,8-,9-/m0/s1. The van der Waals surface area contributed by atoms with Gasteiger partial charge in [0.2, 0.25) is 11.8 Å². The predicted octanol–water partition coefficient (Wildman–Crippen LogP) is -1.48. The van der Waals surface area contributed by atoms with Crippen LogP contribution in [0.25, 0.3) is 0 Å². The van der Waals surface area contributed by atoms with Gasteiger partial charge in [0, 0.05) is 0 Å². The van der Waals surface area contributed by atoms with Gasteiger partial charge in [-0.1, -0.05) is 0 Å². The topological polar surface area (TPSA) is 142 Å². The number of aliphatic carboxylic acids is 1. The van der Waals surface area contributed by atoms with Crippen molar-refractivity contribution in [3.8, 4) is 0 Å². The zero-order valence-electron chi connectivity index (χ0n) is 12.3. The van der Waals surface area contributed by atoms with E-state index in [4.69, 9.17) is 10.8 Å². The van der Waals surface area contributed by atoms with Crippen molar-refractivity contribution in [3.05, 3.63) is 0 Å².